The van der Waals surface area contributed by atoms with Gasteiger partial charge in [0.05, 0.1) is 7.11 Å². The summed E-state index contributed by atoms with van der Waals surface area (Å²) >= 11 is 0. The molecule has 0 spiro atoms. The van der Waals surface area contributed by atoms with Gasteiger partial charge in [-0.3, -0.25) is 4.79 Å². The number of carbonyl (C=O) groups is 2. The minimum absolute atomic E-state index is 0.160. The van der Waals surface area contributed by atoms with Gasteiger partial charge in [-0.05, 0) is 50.5 Å². The third-order valence-corrected chi connectivity index (χ3v) is 4.03. The standard InChI is InChI=1S/C21H26N2O5/c1-13-10-11-22-18(24)17(13)15-8-6-14(7-9-15)12-16(19(25)27-5)23-20(26)28-21(2,3)4/h6-11,16H,12H2,1-5H3,(H,22,24)(H,23,26)/t16-/m0/s1. The smallest absolute Gasteiger partial charge is 0.408 e. The third-order valence-electron chi connectivity index (χ3n) is 4.03. The van der Waals surface area contributed by atoms with Crippen molar-refractivity contribution >= 4 is 12.1 Å². The molecule has 1 atom stereocenters. The van der Waals surface area contributed by atoms with Gasteiger partial charge in [0, 0.05) is 18.2 Å². The fourth-order valence-corrected chi connectivity index (χ4v) is 2.76. The van der Waals surface area contributed by atoms with Gasteiger partial charge in [-0.25, -0.2) is 9.59 Å². The number of carbonyl (C=O) groups excluding carboxylic acids is 2. The van der Waals surface area contributed by atoms with Crippen LogP contribution in [-0.4, -0.2) is 35.8 Å². The maximum absolute atomic E-state index is 12.1. The SMILES string of the molecule is COC(=O)[C@H](Cc1ccc(-c2c(C)cc[nH]c2=O)cc1)NC(=O)OC(C)(C)C. The van der Waals surface area contributed by atoms with Gasteiger partial charge in [0.2, 0.25) is 0 Å². The molecule has 1 aromatic carbocycles. The Kier molecular flexibility index (Phi) is 6.62. The first kappa shape index (κ1) is 21.2. The Hall–Kier alpha value is -3.09. The molecule has 2 aromatic rings. The molecule has 7 nitrogen and oxygen atoms in total. The van der Waals surface area contributed by atoms with Crippen LogP contribution in [-0.2, 0) is 20.7 Å². The van der Waals surface area contributed by atoms with Crippen LogP contribution >= 0.6 is 0 Å². The van der Waals surface area contributed by atoms with E-state index in [2.05, 4.69) is 10.3 Å². The number of aromatic nitrogens is 1. The highest BCUT2D eigenvalue weighted by Gasteiger charge is 2.25. The molecule has 0 radical (unpaired) electrons. The fourth-order valence-electron chi connectivity index (χ4n) is 2.76. The lowest BCUT2D eigenvalue weighted by Crippen LogP contribution is -2.45. The van der Waals surface area contributed by atoms with E-state index >= 15 is 0 Å². The average molecular weight is 386 g/mol. The highest BCUT2D eigenvalue weighted by molar-refractivity contribution is 5.81. The zero-order chi connectivity index (χ0) is 20.9. The number of pyridine rings is 1. The third kappa shape index (κ3) is 5.70. The minimum atomic E-state index is -0.882. The Morgan fingerprint density at radius 3 is 2.32 bits per heavy atom. The van der Waals surface area contributed by atoms with Crippen LogP contribution in [0, 0.1) is 6.92 Å². The van der Waals surface area contributed by atoms with Gasteiger partial charge < -0.3 is 19.8 Å². The van der Waals surface area contributed by atoms with Crippen molar-refractivity contribution in [3.63, 3.8) is 0 Å². The molecule has 0 unspecified atom stereocenters. The molecule has 2 rings (SSSR count). The molecule has 0 aliphatic carbocycles. The van der Waals surface area contributed by atoms with E-state index in [1.165, 1.54) is 7.11 Å². The van der Waals surface area contributed by atoms with Crippen molar-refractivity contribution in [1.82, 2.24) is 10.3 Å². The number of amides is 1. The lowest BCUT2D eigenvalue weighted by Gasteiger charge is -2.22. The number of benzene rings is 1. The van der Waals surface area contributed by atoms with Crippen molar-refractivity contribution in [2.45, 2.75) is 45.8 Å². The number of alkyl carbamates (subject to hydrolysis) is 1. The Balaban J connectivity index is 2.18. The first-order valence-electron chi connectivity index (χ1n) is 8.95. The van der Waals surface area contributed by atoms with Crippen LogP contribution in [0.5, 0.6) is 0 Å². The second-order valence-corrected chi connectivity index (χ2v) is 7.49. The molecule has 150 valence electrons. The molecule has 0 saturated carbocycles. The molecule has 1 amide bonds. The van der Waals surface area contributed by atoms with E-state index < -0.39 is 23.7 Å². The maximum Gasteiger partial charge on any atom is 0.408 e. The van der Waals surface area contributed by atoms with E-state index in [0.29, 0.717) is 5.56 Å². The van der Waals surface area contributed by atoms with Crippen LogP contribution < -0.4 is 10.9 Å². The van der Waals surface area contributed by atoms with E-state index in [9.17, 15) is 14.4 Å². The number of aryl methyl sites for hydroxylation is 1. The highest BCUT2D eigenvalue weighted by Crippen LogP contribution is 2.20. The lowest BCUT2D eigenvalue weighted by molar-refractivity contribution is -0.143. The first-order valence-corrected chi connectivity index (χ1v) is 8.95. The summed E-state index contributed by atoms with van der Waals surface area (Å²) in [6, 6.07) is 8.21. The maximum atomic E-state index is 12.1. The molecule has 0 fully saturated rings. The number of ether oxygens (including phenoxy) is 2. The molecular formula is C21H26N2O5. The molecular weight excluding hydrogens is 360 g/mol. The van der Waals surface area contributed by atoms with E-state index in [0.717, 1.165) is 16.7 Å². The fraction of sp³-hybridized carbons (Fsp3) is 0.381. The van der Waals surface area contributed by atoms with Crippen molar-refractivity contribution in [3.8, 4) is 11.1 Å². The van der Waals surface area contributed by atoms with Crippen LogP contribution in [0.2, 0.25) is 0 Å². The van der Waals surface area contributed by atoms with Gasteiger partial charge in [-0.1, -0.05) is 24.3 Å². The summed E-state index contributed by atoms with van der Waals surface area (Å²) in [4.78, 5) is 38.8. The van der Waals surface area contributed by atoms with Crippen LogP contribution in [0.25, 0.3) is 11.1 Å². The van der Waals surface area contributed by atoms with E-state index in [1.807, 2.05) is 37.3 Å². The number of rotatable bonds is 5. The van der Waals surface area contributed by atoms with Gasteiger partial charge in [0.25, 0.3) is 5.56 Å². The van der Waals surface area contributed by atoms with Gasteiger partial charge in [0.15, 0.2) is 0 Å². The average Bonchev–Trinajstić information content (AvgIpc) is 2.60. The second-order valence-electron chi connectivity index (χ2n) is 7.49. The summed E-state index contributed by atoms with van der Waals surface area (Å²) in [5.41, 5.74) is 2.22. The Labute approximate surface area is 164 Å². The van der Waals surface area contributed by atoms with Gasteiger partial charge in [0.1, 0.15) is 11.6 Å². The minimum Gasteiger partial charge on any atom is -0.467 e. The zero-order valence-electron chi connectivity index (χ0n) is 16.8. The number of hydrogen-bond acceptors (Lipinski definition) is 5. The molecule has 0 bridgehead atoms. The summed E-state index contributed by atoms with van der Waals surface area (Å²) in [6.07, 6.45) is 1.15. The monoisotopic (exact) mass is 386 g/mol. The Morgan fingerprint density at radius 1 is 1.14 bits per heavy atom. The number of H-pyrrole nitrogens is 1. The summed E-state index contributed by atoms with van der Waals surface area (Å²) in [7, 11) is 1.26. The van der Waals surface area contributed by atoms with Crippen molar-refractivity contribution in [2.75, 3.05) is 7.11 Å². The summed E-state index contributed by atoms with van der Waals surface area (Å²) < 4.78 is 9.99. The predicted molar refractivity (Wildman–Crippen MR) is 106 cm³/mol. The van der Waals surface area contributed by atoms with Crippen LogP contribution in [0.4, 0.5) is 4.79 Å². The molecule has 7 heteroatoms. The van der Waals surface area contributed by atoms with Crippen LogP contribution in [0.3, 0.4) is 0 Å². The summed E-state index contributed by atoms with van der Waals surface area (Å²) in [5.74, 6) is -0.565. The molecule has 1 aromatic heterocycles. The lowest BCUT2D eigenvalue weighted by atomic mass is 9.99. The van der Waals surface area contributed by atoms with Gasteiger partial charge in [-0.15, -0.1) is 0 Å². The number of hydrogen-bond donors (Lipinski definition) is 2. The normalized spacial score (nSPS) is 12.2. The number of esters is 1. The summed E-state index contributed by atoms with van der Waals surface area (Å²) in [5, 5.41) is 2.55. The summed E-state index contributed by atoms with van der Waals surface area (Å²) in [6.45, 7) is 7.10. The Bertz CT molecular complexity index is 894. The van der Waals surface area contributed by atoms with E-state index in [4.69, 9.17) is 9.47 Å². The number of nitrogens with one attached hydrogen (secondary N) is 2. The quantitative estimate of drug-likeness (QED) is 0.770. The number of methoxy groups -OCH3 is 1. The van der Waals surface area contributed by atoms with E-state index in [1.54, 1.807) is 27.0 Å². The largest absolute Gasteiger partial charge is 0.467 e. The molecule has 28 heavy (non-hydrogen) atoms. The highest BCUT2D eigenvalue weighted by atomic mass is 16.6. The number of aromatic amines is 1. The molecule has 2 N–H and O–H groups in total. The molecule has 1 heterocycles. The predicted octanol–water partition coefficient (Wildman–Crippen LogP) is 2.96. The van der Waals surface area contributed by atoms with Crippen LogP contribution in [0.15, 0.2) is 41.3 Å². The Morgan fingerprint density at radius 2 is 1.79 bits per heavy atom. The van der Waals surface area contributed by atoms with Crippen molar-refractivity contribution in [2.24, 2.45) is 0 Å². The van der Waals surface area contributed by atoms with Crippen molar-refractivity contribution in [1.29, 1.82) is 0 Å². The van der Waals surface area contributed by atoms with Crippen molar-refractivity contribution < 1.29 is 19.1 Å². The molecule has 0 saturated heterocycles. The van der Waals surface area contributed by atoms with Gasteiger partial charge in [-0.2, -0.15) is 0 Å². The van der Waals surface area contributed by atoms with E-state index in [-0.39, 0.29) is 12.0 Å². The van der Waals surface area contributed by atoms with Gasteiger partial charge >= 0.3 is 12.1 Å². The zero-order valence-corrected chi connectivity index (χ0v) is 16.8. The molecule has 0 aliphatic rings. The molecule has 0 aliphatic heterocycles. The second kappa shape index (κ2) is 8.73. The van der Waals surface area contributed by atoms with Crippen molar-refractivity contribution in [3.05, 3.63) is 58.0 Å². The topological polar surface area (TPSA) is 97.5 Å². The first-order chi connectivity index (χ1) is 13.1. The van der Waals surface area contributed by atoms with Crippen LogP contribution in [0.1, 0.15) is 31.9 Å².